The number of allylic oxidation sites excluding steroid dienone is 2. The van der Waals surface area contributed by atoms with Crippen LogP contribution in [0, 0.1) is 11.8 Å². The number of oxazole rings is 1. The molecular weight excluding hydrogens is 554 g/mol. The Morgan fingerprint density at radius 1 is 1.09 bits per heavy atom. The average molecular weight is 594 g/mol. The molecule has 0 saturated carbocycles. The van der Waals surface area contributed by atoms with Gasteiger partial charge in [0.15, 0.2) is 5.69 Å². The molecule has 4 N–H and O–H groups in total. The number of esters is 1. The molecule has 0 radical (unpaired) electrons. The molecule has 1 aromatic carbocycles. The van der Waals surface area contributed by atoms with Gasteiger partial charge in [0.1, 0.15) is 29.9 Å². The quantitative estimate of drug-likeness (QED) is 0.391. The molecule has 4 atom stereocenters. The number of aliphatic hydroxyl groups excluding tert-OH is 1. The van der Waals surface area contributed by atoms with Crippen LogP contribution in [-0.4, -0.2) is 63.6 Å². The first-order valence-corrected chi connectivity index (χ1v) is 14.2. The maximum absolute atomic E-state index is 13.5. The number of nitrogens with zero attached hydrogens (tertiary/aromatic N) is 1. The van der Waals surface area contributed by atoms with Crippen molar-refractivity contribution in [3.63, 3.8) is 0 Å². The number of Topliss-reactive ketones (excluding diaryl/α,β-unsaturated/α-hetero) is 1. The normalized spacial score (nSPS) is 24.1. The lowest BCUT2D eigenvalue weighted by molar-refractivity contribution is -0.155. The molecule has 0 aliphatic carbocycles. The number of ether oxygens (including phenoxy) is 1. The topological polar surface area (TPSA) is 168 Å². The zero-order valence-corrected chi connectivity index (χ0v) is 24.8. The number of benzene rings is 1. The predicted molar refractivity (Wildman–Crippen MR) is 158 cm³/mol. The first-order valence-electron chi connectivity index (χ1n) is 14.2. The Hall–Kier alpha value is -4.51. The van der Waals surface area contributed by atoms with E-state index in [1.807, 2.05) is 20.8 Å². The number of aromatic hydroxyl groups is 1. The second kappa shape index (κ2) is 15.6. The van der Waals surface area contributed by atoms with Crippen molar-refractivity contribution in [3.05, 3.63) is 83.6 Å². The van der Waals surface area contributed by atoms with Gasteiger partial charge in [-0.1, -0.05) is 62.8 Å². The van der Waals surface area contributed by atoms with Crippen LogP contribution in [0.3, 0.4) is 0 Å². The highest BCUT2D eigenvalue weighted by molar-refractivity contribution is 5.95. The van der Waals surface area contributed by atoms with Gasteiger partial charge >= 0.3 is 5.97 Å². The number of phenolic OH excluding ortho intramolecular Hbond substituents is 1. The van der Waals surface area contributed by atoms with Gasteiger partial charge in [0.25, 0.3) is 5.91 Å². The molecule has 2 heterocycles. The summed E-state index contributed by atoms with van der Waals surface area (Å²) < 4.78 is 11.2. The second-order valence-electron chi connectivity index (χ2n) is 10.9. The third-order valence-electron chi connectivity index (χ3n) is 6.74. The monoisotopic (exact) mass is 593 g/mol. The van der Waals surface area contributed by atoms with E-state index in [1.54, 1.807) is 37.3 Å². The van der Waals surface area contributed by atoms with E-state index in [-0.39, 0.29) is 66.7 Å². The lowest BCUT2D eigenvalue weighted by Gasteiger charge is -2.28. The maximum atomic E-state index is 13.5. The third-order valence-corrected chi connectivity index (χ3v) is 6.74. The summed E-state index contributed by atoms with van der Waals surface area (Å²) in [6, 6.07) is 5.07. The smallest absolute Gasteiger partial charge is 0.329 e. The number of hydrogen-bond acceptors (Lipinski definition) is 9. The molecule has 3 rings (SSSR count). The van der Waals surface area contributed by atoms with Gasteiger partial charge in [-0.2, -0.15) is 0 Å². The third kappa shape index (κ3) is 10.7. The number of aliphatic hydroxyl groups is 1. The van der Waals surface area contributed by atoms with Crippen LogP contribution in [0.2, 0.25) is 0 Å². The number of carbonyl (C=O) groups excluding carboxylic acids is 4. The lowest BCUT2D eigenvalue weighted by atomic mass is 9.94. The van der Waals surface area contributed by atoms with Crippen molar-refractivity contribution >= 4 is 23.6 Å². The van der Waals surface area contributed by atoms with Crippen LogP contribution in [-0.2, 0) is 32.0 Å². The van der Waals surface area contributed by atoms with Crippen molar-refractivity contribution < 1.29 is 38.5 Å². The Morgan fingerprint density at radius 3 is 2.51 bits per heavy atom. The number of carbonyl (C=O) groups is 4. The zero-order valence-electron chi connectivity index (χ0n) is 24.8. The summed E-state index contributed by atoms with van der Waals surface area (Å²) in [6.45, 7) is 7.60. The fourth-order valence-corrected chi connectivity index (χ4v) is 4.56. The number of cyclic esters (lactones) is 1. The second-order valence-corrected chi connectivity index (χ2v) is 10.9. The molecule has 2 bridgehead atoms. The highest BCUT2D eigenvalue weighted by Crippen LogP contribution is 2.20. The summed E-state index contributed by atoms with van der Waals surface area (Å²) in [7, 11) is 0. The van der Waals surface area contributed by atoms with E-state index in [9.17, 15) is 29.4 Å². The molecule has 11 heteroatoms. The van der Waals surface area contributed by atoms with Crippen molar-refractivity contribution in [3.8, 4) is 5.75 Å². The van der Waals surface area contributed by atoms with Crippen LogP contribution < -0.4 is 10.6 Å². The number of phenols is 1. The van der Waals surface area contributed by atoms with Crippen molar-refractivity contribution in [2.24, 2.45) is 11.8 Å². The Balaban J connectivity index is 1.91. The van der Waals surface area contributed by atoms with Crippen molar-refractivity contribution in [1.29, 1.82) is 0 Å². The van der Waals surface area contributed by atoms with E-state index in [0.717, 1.165) is 6.26 Å². The summed E-state index contributed by atoms with van der Waals surface area (Å²) in [4.78, 5) is 55.6. The van der Waals surface area contributed by atoms with Gasteiger partial charge in [-0.15, -0.1) is 0 Å². The number of rotatable bonds is 3. The van der Waals surface area contributed by atoms with E-state index < -0.39 is 30.1 Å². The van der Waals surface area contributed by atoms with Gasteiger partial charge in [0.2, 0.25) is 11.8 Å². The molecular formula is C32H39N3O8. The minimum absolute atomic E-state index is 0.00442. The van der Waals surface area contributed by atoms with Crippen LogP contribution in [0.25, 0.3) is 0 Å². The van der Waals surface area contributed by atoms with E-state index in [4.69, 9.17) is 9.15 Å². The molecule has 230 valence electrons. The Morgan fingerprint density at radius 2 is 1.81 bits per heavy atom. The standard InChI is InChI=1S/C32H39N3O8/c1-19(2)30-21(4)7-12-28(39)33-13-5-6-20(3)14-24(37)16-25(38)17-29-34-27(18-42-29)31(40)35-26(32(41)43-30)15-22-8-10-23(36)11-9-22/h5-12,14,18-19,21,24,26,30,36-37H,13,15-17H2,1-4H3,(H,33,39)(H,35,40)/b6-5?,12-7+,20-14?/t21-,24-,26-,30-/m1/s1. The van der Waals surface area contributed by atoms with Gasteiger partial charge in [-0.25, -0.2) is 9.78 Å². The summed E-state index contributed by atoms with van der Waals surface area (Å²) in [6.07, 6.45) is 7.09. The van der Waals surface area contributed by atoms with E-state index in [1.165, 1.54) is 24.3 Å². The molecule has 0 fully saturated rings. The minimum atomic E-state index is -1.13. The highest BCUT2D eigenvalue weighted by atomic mass is 16.5. The van der Waals surface area contributed by atoms with Gasteiger partial charge < -0.3 is 30.0 Å². The fraction of sp³-hybridized carbons (Fsp3) is 0.406. The summed E-state index contributed by atoms with van der Waals surface area (Å²) in [5.74, 6) is -2.49. The maximum Gasteiger partial charge on any atom is 0.329 e. The number of fused-ring (bicyclic) bond motifs is 2. The zero-order chi connectivity index (χ0) is 31.5. The molecule has 1 aliphatic rings. The van der Waals surface area contributed by atoms with Crippen molar-refractivity contribution in [2.45, 2.75) is 65.2 Å². The van der Waals surface area contributed by atoms with E-state index in [0.29, 0.717) is 11.1 Å². The largest absolute Gasteiger partial charge is 0.508 e. The first-order chi connectivity index (χ1) is 20.4. The van der Waals surface area contributed by atoms with Gasteiger partial charge in [0, 0.05) is 25.3 Å². The fourth-order valence-electron chi connectivity index (χ4n) is 4.56. The van der Waals surface area contributed by atoms with Gasteiger partial charge in [-0.3, -0.25) is 14.4 Å². The Kier molecular flexibility index (Phi) is 12.0. The number of aromatic nitrogens is 1. The van der Waals surface area contributed by atoms with Crippen molar-refractivity contribution in [2.75, 3.05) is 6.54 Å². The summed E-state index contributed by atoms with van der Waals surface area (Å²) in [5.41, 5.74) is 1.23. The molecule has 2 aromatic rings. The summed E-state index contributed by atoms with van der Waals surface area (Å²) >= 11 is 0. The molecule has 43 heavy (non-hydrogen) atoms. The lowest BCUT2D eigenvalue weighted by Crippen LogP contribution is -2.46. The van der Waals surface area contributed by atoms with E-state index >= 15 is 0 Å². The molecule has 11 nitrogen and oxygen atoms in total. The molecule has 2 amide bonds. The van der Waals surface area contributed by atoms with Crippen LogP contribution in [0.1, 0.15) is 56.1 Å². The minimum Gasteiger partial charge on any atom is -0.508 e. The summed E-state index contributed by atoms with van der Waals surface area (Å²) in [5, 5.41) is 25.3. The van der Waals surface area contributed by atoms with Crippen LogP contribution >= 0.6 is 0 Å². The molecule has 1 aliphatic heterocycles. The molecule has 0 spiro atoms. The average Bonchev–Trinajstić information content (AvgIpc) is 3.41. The molecule has 0 unspecified atom stereocenters. The highest BCUT2D eigenvalue weighted by Gasteiger charge is 2.30. The number of ketones is 1. The van der Waals surface area contributed by atoms with Gasteiger partial charge in [-0.05, 0) is 36.6 Å². The predicted octanol–water partition coefficient (Wildman–Crippen LogP) is 2.98. The van der Waals surface area contributed by atoms with Crippen molar-refractivity contribution in [1.82, 2.24) is 15.6 Å². The number of hydrogen-bond donors (Lipinski definition) is 4. The van der Waals surface area contributed by atoms with Gasteiger partial charge in [0.05, 0.1) is 12.5 Å². The van der Waals surface area contributed by atoms with Crippen LogP contribution in [0.5, 0.6) is 5.75 Å². The Bertz CT molecular complexity index is 1370. The van der Waals surface area contributed by atoms with Crippen LogP contribution in [0.4, 0.5) is 0 Å². The first kappa shape index (κ1) is 33.0. The number of nitrogens with one attached hydrogen (secondary N) is 2. The number of amides is 2. The SMILES string of the molecule is CC1=C[C@@H](O)CC(=O)Cc2nc(co2)C(=O)N[C@H](Cc2ccc(O)cc2)C(=O)O[C@H](C(C)C)[C@H](C)/C=C/C(=O)NCC=C1. The van der Waals surface area contributed by atoms with E-state index in [2.05, 4.69) is 15.6 Å². The van der Waals surface area contributed by atoms with Crippen LogP contribution in [0.15, 0.2) is 70.9 Å². The Labute approximate surface area is 250 Å². The molecule has 0 saturated heterocycles. The molecule has 1 aromatic heterocycles.